The molecule has 0 saturated carbocycles. The summed E-state index contributed by atoms with van der Waals surface area (Å²) in [5.74, 6) is -0.837. The van der Waals surface area contributed by atoms with Crippen LogP contribution in [0.3, 0.4) is 0 Å². The number of hydrogen-bond acceptors (Lipinski definition) is 1. The normalized spacial score (nSPS) is 13.7. The summed E-state index contributed by atoms with van der Waals surface area (Å²) in [5, 5.41) is 8.02. The summed E-state index contributed by atoms with van der Waals surface area (Å²) >= 11 is 12.6. The lowest BCUT2D eigenvalue weighted by Gasteiger charge is -2.16. The van der Waals surface area contributed by atoms with E-state index in [1.165, 1.54) is 44.1 Å². The maximum Gasteiger partial charge on any atom is 0.303 e. The van der Waals surface area contributed by atoms with E-state index in [1.54, 1.807) is 0 Å². The number of alkyl halides is 2. The summed E-state index contributed by atoms with van der Waals surface area (Å²) in [7, 11) is 0. The van der Waals surface area contributed by atoms with Gasteiger partial charge in [-0.2, -0.15) is 0 Å². The van der Waals surface area contributed by atoms with E-state index < -0.39 is 5.97 Å². The van der Waals surface area contributed by atoms with Gasteiger partial charge >= 0.3 is 5.97 Å². The van der Waals surface area contributed by atoms with Crippen molar-refractivity contribution in [1.29, 1.82) is 0 Å². The average molecular weight is 359 g/mol. The Morgan fingerprint density at radius 3 is 2.52 bits per heavy atom. The number of carbonyl (C=O) groups is 1. The summed E-state index contributed by atoms with van der Waals surface area (Å²) in [6.45, 7) is 2.23. The number of benzene rings is 1. The van der Waals surface area contributed by atoms with Crippen LogP contribution in [-0.4, -0.2) is 16.5 Å². The van der Waals surface area contributed by atoms with E-state index in [-0.39, 0.29) is 17.2 Å². The Kier molecular flexibility index (Phi) is 10.4. The van der Waals surface area contributed by atoms with Crippen molar-refractivity contribution in [2.45, 2.75) is 75.5 Å². The number of hydrogen-bond donors (Lipinski definition) is 1. The molecule has 0 radical (unpaired) electrons. The number of carboxylic acids is 1. The molecule has 4 heteroatoms. The number of aryl methyl sites for hydroxylation is 1. The minimum Gasteiger partial charge on any atom is -0.481 e. The van der Waals surface area contributed by atoms with Crippen molar-refractivity contribution in [2.75, 3.05) is 0 Å². The van der Waals surface area contributed by atoms with Crippen molar-refractivity contribution in [3.05, 3.63) is 35.4 Å². The van der Waals surface area contributed by atoms with E-state index in [2.05, 4.69) is 19.1 Å². The van der Waals surface area contributed by atoms with Gasteiger partial charge in [0.1, 0.15) is 0 Å². The summed E-state index contributed by atoms with van der Waals surface area (Å²) in [5.41, 5.74) is 2.27. The second-order valence-electron chi connectivity index (χ2n) is 6.11. The largest absolute Gasteiger partial charge is 0.481 e. The zero-order valence-corrected chi connectivity index (χ0v) is 15.5. The number of rotatable bonds is 12. The molecule has 0 aliphatic heterocycles. The van der Waals surface area contributed by atoms with Crippen LogP contribution in [0.5, 0.6) is 0 Å². The number of carboxylic acid groups (broad SMARTS) is 1. The van der Waals surface area contributed by atoms with Gasteiger partial charge in [-0.3, -0.25) is 4.79 Å². The standard InChI is InChI=1S/C19H28Cl2O2/c1-2-3-4-5-6-7-9-15-10-8-11-16(14-15)19(21)17(20)12-13-18(22)23/h8,10-11,14,17,19H,2-7,9,12-13H2,1H3,(H,22,23). The third kappa shape index (κ3) is 8.62. The molecule has 23 heavy (non-hydrogen) atoms. The van der Waals surface area contributed by atoms with Crippen molar-refractivity contribution >= 4 is 29.2 Å². The third-order valence-electron chi connectivity index (χ3n) is 4.04. The van der Waals surface area contributed by atoms with E-state index >= 15 is 0 Å². The Bertz CT molecular complexity index is 462. The molecule has 0 saturated heterocycles. The maximum atomic E-state index is 10.6. The van der Waals surface area contributed by atoms with Crippen LogP contribution in [-0.2, 0) is 11.2 Å². The van der Waals surface area contributed by atoms with Gasteiger partial charge in [0.05, 0.1) is 10.8 Å². The van der Waals surface area contributed by atoms with E-state index in [1.807, 2.05) is 12.1 Å². The van der Waals surface area contributed by atoms with Crippen LogP contribution < -0.4 is 0 Å². The fourth-order valence-electron chi connectivity index (χ4n) is 2.65. The Hall–Kier alpha value is -0.730. The monoisotopic (exact) mass is 358 g/mol. The number of halogens is 2. The fourth-order valence-corrected chi connectivity index (χ4v) is 3.16. The number of aliphatic carboxylic acids is 1. The Balaban J connectivity index is 2.44. The van der Waals surface area contributed by atoms with Gasteiger partial charge < -0.3 is 5.11 Å². The van der Waals surface area contributed by atoms with Crippen LogP contribution in [0.1, 0.15) is 74.8 Å². The zero-order chi connectivity index (χ0) is 17.1. The lowest BCUT2D eigenvalue weighted by Crippen LogP contribution is -2.10. The fraction of sp³-hybridized carbons (Fsp3) is 0.632. The van der Waals surface area contributed by atoms with Crippen molar-refractivity contribution < 1.29 is 9.90 Å². The molecule has 0 bridgehead atoms. The van der Waals surface area contributed by atoms with Crippen LogP contribution in [0, 0.1) is 0 Å². The molecule has 1 aromatic carbocycles. The zero-order valence-electron chi connectivity index (χ0n) is 13.9. The minimum absolute atomic E-state index is 0.0504. The SMILES string of the molecule is CCCCCCCCc1cccc(C(Cl)C(Cl)CCC(=O)O)c1. The molecule has 0 amide bonds. The summed E-state index contributed by atoms with van der Waals surface area (Å²) in [6.07, 6.45) is 9.21. The second-order valence-corrected chi connectivity index (χ2v) is 7.14. The summed E-state index contributed by atoms with van der Waals surface area (Å²) < 4.78 is 0. The van der Waals surface area contributed by atoms with E-state index in [4.69, 9.17) is 28.3 Å². The van der Waals surface area contributed by atoms with Gasteiger partial charge in [0.2, 0.25) is 0 Å². The Morgan fingerprint density at radius 1 is 1.13 bits per heavy atom. The smallest absolute Gasteiger partial charge is 0.303 e. The highest BCUT2D eigenvalue weighted by molar-refractivity contribution is 6.30. The highest BCUT2D eigenvalue weighted by atomic mass is 35.5. The molecule has 2 atom stereocenters. The second kappa shape index (κ2) is 11.8. The Labute approximate surface area is 150 Å². The topological polar surface area (TPSA) is 37.3 Å². The summed E-state index contributed by atoms with van der Waals surface area (Å²) in [6, 6.07) is 8.22. The molecule has 0 spiro atoms. The van der Waals surface area contributed by atoms with Crippen LogP contribution in [0.4, 0.5) is 0 Å². The molecule has 0 aromatic heterocycles. The first-order valence-electron chi connectivity index (χ1n) is 8.63. The average Bonchev–Trinajstić information content (AvgIpc) is 2.55. The highest BCUT2D eigenvalue weighted by Gasteiger charge is 2.19. The first-order valence-corrected chi connectivity index (χ1v) is 9.50. The van der Waals surface area contributed by atoms with Gasteiger partial charge in [-0.1, -0.05) is 63.3 Å². The maximum absolute atomic E-state index is 10.6. The summed E-state index contributed by atoms with van der Waals surface area (Å²) in [4.78, 5) is 10.6. The van der Waals surface area contributed by atoms with Gasteiger partial charge in [-0.15, -0.1) is 23.2 Å². The van der Waals surface area contributed by atoms with Crippen molar-refractivity contribution in [1.82, 2.24) is 0 Å². The lowest BCUT2D eigenvalue weighted by molar-refractivity contribution is -0.137. The van der Waals surface area contributed by atoms with Crippen molar-refractivity contribution in [2.24, 2.45) is 0 Å². The van der Waals surface area contributed by atoms with E-state index in [0.717, 1.165) is 12.0 Å². The van der Waals surface area contributed by atoms with Crippen LogP contribution >= 0.6 is 23.2 Å². The first kappa shape index (κ1) is 20.3. The molecule has 1 rings (SSSR count). The molecule has 1 aromatic rings. The van der Waals surface area contributed by atoms with Gasteiger partial charge in [-0.25, -0.2) is 0 Å². The van der Waals surface area contributed by atoms with Crippen LogP contribution in [0.2, 0.25) is 0 Å². The van der Waals surface area contributed by atoms with E-state index in [0.29, 0.717) is 6.42 Å². The third-order valence-corrected chi connectivity index (χ3v) is 5.20. The molecule has 0 aliphatic rings. The molecular formula is C19H28Cl2O2. The molecule has 0 fully saturated rings. The minimum atomic E-state index is -0.837. The molecule has 130 valence electrons. The van der Waals surface area contributed by atoms with Crippen LogP contribution in [0.15, 0.2) is 24.3 Å². The molecule has 2 unspecified atom stereocenters. The lowest BCUT2D eigenvalue weighted by atomic mass is 10.00. The predicted octanol–water partition coefficient (Wildman–Crippen LogP) is 6.34. The van der Waals surface area contributed by atoms with Gasteiger partial charge in [0.25, 0.3) is 0 Å². The van der Waals surface area contributed by atoms with Crippen molar-refractivity contribution in [3.8, 4) is 0 Å². The van der Waals surface area contributed by atoms with Crippen LogP contribution in [0.25, 0.3) is 0 Å². The first-order chi connectivity index (χ1) is 11.0. The molecule has 1 N–H and O–H groups in total. The van der Waals surface area contributed by atoms with Gasteiger partial charge in [-0.05, 0) is 30.4 Å². The quantitative estimate of drug-likeness (QED) is 0.349. The Morgan fingerprint density at radius 2 is 1.83 bits per heavy atom. The molecule has 0 aliphatic carbocycles. The molecule has 2 nitrogen and oxygen atoms in total. The number of unbranched alkanes of at least 4 members (excludes halogenated alkanes) is 5. The highest BCUT2D eigenvalue weighted by Crippen LogP contribution is 2.31. The molecular weight excluding hydrogens is 331 g/mol. The van der Waals surface area contributed by atoms with E-state index in [9.17, 15) is 4.79 Å². The molecule has 0 heterocycles. The van der Waals surface area contributed by atoms with Gasteiger partial charge in [0.15, 0.2) is 0 Å². The van der Waals surface area contributed by atoms with Crippen molar-refractivity contribution in [3.63, 3.8) is 0 Å². The van der Waals surface area contributed by atoms with Gasteiger partial charge in [0, 0.05) is 6.42 Å². The predicted molar refractivity (Wildman–Crippen MR) is 98.6 cm³/mol.